The molecule has 1 aromatic carbocycles. The van der Waals surface area contributed by atoms with Gasteiger partial charge in [0.2, 0.25) is 0 Å². The second kappa shape index (κ2) is 7.17. The lowest BCUT2D eigenvalue weighted by Crippen LogP contribution is -2.47. The van der Waals surface area contributed by atoms with Crippen LogP contribution in [0.25, 0.3) is 0 Å². The normalized spacial score (nSPS) is 9.53. The van der Waals surface area contributed by atoms with Gasteiger partial charge in [0.25, 0.3) is 5.91 Å². The first-order chi connectivity index (χ1) is 9.08. The Morgan fingerprint density at radius 2 is 2.05 bits per heavy atom. The number of hydrogen-bond donors (Lipinski definition) is 3. The Morgan fingerprint density at radius 1 is 1.37 bits per heavy atom. The molecule has 9 heteroatoms. The number of alkyl halides is 1. The van der Waals surface area contributed by atoms with Crippen molar-refractivity contribution in [3.05, 3.63) is 34.7 Å². The van der Waals surface area contributed by atoms with Gasteiger partial charge in [0, 0.05) is 5.88 Å². The van der Waals surface area contributed by atoms with Gasteiger partial charge in [-0.3, -0.25) is 10.1 Å². The Morgan fingerprint density at radius 3 is 2.63 bits per heavy atom. The maximum absolute atomic E-state index is 11.6. The quantitative estimate of drug-likeness (QED) is 0.424. The predicted molar refractivity (Wildman–Crippen MR) is 67.3 cm³/mol. The van der Waals surface area contributed by atoms with E-state index < -0.39 is 11.9 Å². The number of phenols is 1. The average Bonchev–Trinajstić information content (AvgIpc) is 2.38. The van der Waals surface area contributed by atoms with Gasteiger partial charge in [0.1, 0.15) is 5.75 Å². The topological polar surface area (TPSA) is 111 Å². The van der Waals surface area contributed by atoms with Crippen molar-refractivity contribution in [2.24, 2.45) is 5.29 Å². The Kier molecular flexibility index (Phi) is 5.55. The molecule has 0 atom stereocenters. The van der Waals surface area contributed by atoms with E-state index in [0.717, 1.165) is 0 Å². The van der Waals surface area contributed by atoms with E-state index in [4.69, 9.17) is 11.6 Å². The number of hydrogen-bond acceptors (Lipinski definition) is 5. The van der Waals surface area contributed by atoms with E-state index in [-0.39, 0.29) is 23.7 Å². The first-order valence-corrected chi connectivity index (χ1v) is 5.68. The Hall–Kier alpha value is -2.35. The van der Waals surface area contributed by atoms with Gasteiger partial charge in [0.15, 0.2) is 0 Å². The van der Waals surface area contributed by atoms with Crippen LogP contribution < -0.4 is 10.7 Å². The van der Waals surface area contributed by atoms with Crippen molar-refractivity contribution >= 4 is 23.5 Å². The summed E-state index contributed by atoms with van der Waals surface area (Å²) in [4.78, 5) is 33.3. The van der Waals surface area contributed by atoms with Crippen molar-refractivity contribution in [1.82, 2.24) is 15.9 Å². The Labute approximate surface area is 113 Å². The maximum atomic E-state index is 11.6. The van der Waals surface area contributed by atoms with Crippen LogP contribution in [0, 0.1) is 4.91 Å². The van der Waals surface area contributed by atoms with Gasteiger partial charge in [-0.05, 0) is 12.1 Å². The third-order valence-electron chi connectivity index (χ3n) is 2.00. The molecule has 0 unspecified atom stereocenters. The monoisotopic (exact) mass is 286 g/mol. The summed E-state index contributed by atoms with van der Waals surface area (Å²) in [7, 11) is 0. The Balaban J connectivity index is 2.60. The molecule has 1 rings (SSSR count). The molecule has 0 aliphatic carbocycles. The smallest absolute Gasteiger partial charge is 0.341 e. The number of phenolic OH excluding ortho intramolecular Hbond substituents is 1. The minimum atomic E-state index is -0.960. The SMILES string of the molecule is O=NN(CCCl)NC(=O)NC(=O)c1ccccc1O. The fraction of sp³-hybridized carbons (Fsp3) is 0.200. The lowest BCUT2D eigenvalue weighted by Gasteiger charge is -2.14. The van der Waals surface area contributed by atoms with Crippen LogP contribution in [0.15, 0.2) is 29.6 Å². The minimum absolute atomic E-state index is 0.0107. The molecule has 19 heavy (non-hydrogen) atoms. The number of carbonyl (C=O) groups is 2. The summed E-state index contributed by atoms with van der Waals surface area (Å²) in [5.74, 6) is -1.01. The standard InChI is InChI=1S/C10H11ClN4O4/c11-5-6-15(14-19)13-10(18)12-9(17)7-3-1-2-4-8(7)16/h1-4,16H,5-6H2,(H2,12,13,17,18). The number of para-hydroxylation sites is 1. The number of amides is 3. The molecule has 0 heterocycles. The maximum Gasteiger partial charge on any atom is 0.341 e. The molecule has 8 nitrogen and oxygen atoms in total. The van der Waals surface area contributed by atoms with E-state index in [0.29, 0.717) is 5.12 Å². The predicted octanol–water partition coefficient (Wildman–Crippen LogP) is 0.969. The second-order valence-electron chi connectivity index (χ2n) is 3.31. The lowest BCUT2D eigenvalue weighted by molar-refractivity contribution is 0.0952. The molecule has 102 valence electrons. The highest BCUT2D eigenvalue weighted by Gasteiger charge is 2.15. The van der Waals surface area contributed by atoms with Gasteiger partial charge in [0.05, 0.1) is 17.4 Å². The van der Waals surface area contributed by atoms with Crippen molar-refractivity contribution in [3.63, 3.8) is 0 Å². The number of nitroso groups, excluding NO2 is 1. The summed E-state index contributed by atoms with van der Waals surface area (Å²) in [6, 6.07) is 4.74. The fourth-order valence-corrected chi connectivity index (χ4v) is 1.34. The van der Waals surface area contributed by atoms with E-state index in [1.807, 2.05) is 10.7 Å². The Bertz CT molecular complexity index is 482. The molecule has 0 spiro atoms. The van der Waals surface area contributed by atoms with Gasteiger partial charge in [-0.1, -0.05) is 12.1 Å². The molecule has 0 radical (unpaired) electrons. The van der Waals surface area contributed by atoms with E-state index in [1.165, 1.54) is 24.3 Å². The van der Waals surface area contributed by atoms with Gasteiger partial charge in [-0.15, -0.1) is 16.5 Å². The molecule has 0 saturated heterocycles. The molecule has 1 aromatic rings. The van der Waals surface area contributed by atoms with Crippen LogP contribution >= 0.6 is 11.6 Å². The van der Waals surface area contributed by atoms with Crippen molar-refractivity contribution < 1.29 is 14.7 Å². The summed E-state index contributed by atoms with van der Waals surface area (Å²) in [6.07, 6.45) is 0. The number of nitrogens with zero attached hydrogens (tertiary/aromatic N) is 2. The number of imide groups is 1. The minimum Gasteiger partial charge on any atom is -0.507 e. The third kappa shape index (κ3) is 4.43. The number of urea groups is 1. The zero-order valence-corrected chi connectivity index (χ0v) is 10.4. The summed E-state index contributed by atoms with van der Waals surface area (Å²) in [5.41, 5.74) is 1.94. The summed E-state index contributed by atoms with van der Waals surface area (Å²) < 4.78 is 0. The second-order valence-corrected chi connectivity index (χ2v) is 3.68. The highest BCUT2D eigenvalue weighted by molar-refractivity contribution is 6.18. The molecule has 0 saturated carbocycles. The molecule has 0 aliphatic heterocycles. The fourth-order valence-electron chi connectivity index (χ4n) is 1.18. The van der Waals surface area contributed by atoms with Crippen LogP contribution in [0.4, 0.5) is 4.79 Å². The van der Waals surface area contributed by atoms with Gasteiger partial charge < -0.3 is 5.11 Å². The number of rotatable bonds is 5. The number of nitrogens with one attached hydrogen (secondary N) is 2. The van der Waals surface area contributed by atoms with E-state index in [2.05, 4.69) is 5.29 Å². The molecule has 0 aliphatic rings. The molecule has 0 fully saturated rings. The molecule has 0 aromatic heterocycles. The largest absolute Gasteiger partial charge is 0.507 e. The van der Waals surface area contributed by atoms with Crippen LogP contribution in [-0.2, 0) is 0 Å². The number of aromatic hydroxyl groups is 1. The van der Waals surface area contributed by atoms with Crippen molar-refractivity contribution in [2.45, 2.75) is 0 Å². The summed E-state index contributed by atoms with van der Waals surface area (Å²) in [5, 5.41) is 14.5. The van der Waals surface area contributed by atoms with Gasteiger partial charge in [-0.2, -0.15) is 5.12 Å². The number of carbonyl (C=O) groups excluding carboxylic acids is 2. The first-order valence-electron chi connectivity index (χ1n) is 5.15. The molecule has 0 bridgehead atoms. The molecular weight excluding hydrogens is 276 g/mol. The summed E-state index contributed by atoms with van der Waals surface area (Å²) >= 11 is 5.37. The van der Waals surface area contributed by atoms with Crippen LogP contribution in [0.2, 0.25) is 0 Å². The number of benzene rings is 1. The molecule has 3 amide bonds. The van der Waals surface area contributed by atoms with Crippen LogP contribution in [0.3, 0.4) is 0 Å². The van der Waals surface area contributed by atoms with Gasteiger partial charge in [-0.25, -0.2) is 10.2 Å². The van der Waals surface area contributed by atoms with Gasteiger partial charge >= 0.3 is 6.03 Å². The van der Waals surface area contributed by atoms with Crippen molar-refractivity contribution in [2.75, 3.05) is 12.4 Å². The van der Waals surface area contributed by atoms with E-state index >= 15 is 0 Å². The van der Waals surface area contributed by atoms with Crippen LogP contribution in [0.5, 0.6) is 5.75 Å². The zero-order valence-electron chi connectivity index (χ0n) is 9.67. The molecular formula is C10H11ClN4O4. The number of halogens is 1. The summed E-state index contributed by atoms with van der Waals surface area (Å²) in [6.45, 7) is -0.0107. The average molecular weight is 287 g/mol. The zero-order chi connectivity index (χ0) is 14.3. The molecule has 3 N–H and O–H groups in total. The van der Waals surface area contributed by atoms with Crippen molar-refractivity contribution in [1.29, 1.82) is 0 Å². The highest BCUT2D eigenvalue weighted by Crippen LogP contribution is 2.14. The third-order valence-corrected chi connectivity index (χ3v) is 2.17. The van der Waals surface area contributed by atoms with Crippen LogP contribution in [-0.4, -0.2) is 34.6 Å². The van der Waals surface area contributed by atoms with Crippen LogP contribution in [0.1, 0.15) is 10.4 Å². The number of hydrazine groups is 1. The van der Waals surface area contributed by atoms with E-state index in [1.54, 1.807) is 0 Å². The first kappa shape index (κ1) is 14.7. The lowest BCUT2D eigenvalue weighted by atomic mass is 10.2. The van der Waals surface area contributed by atoms with E-state index in [9.17, 15) is 19.6 Å². The highest BCUT2D eigenvalue weighted by atomic mass is 35.5. The van der Waals surface area contributed by atoms with Crippen molar-refractivity contribution in [3.8, 4) is 5.75 Å².